The number of nitrogens with zero attached hydrogens (tertiary/aromatic N) is 2. The first-order valence-corrected chi connectivity index (χ1v) is 9.00. The van der Waals surface area contributed by atoms with Gasteiger partial charge in [0.15, 0.2) is 0 Å². The molecule has 0 N–H and O–H groups in total. The van der Waals surface area contributed by atoms with E-state index in [0.29, 0.717) is 0 Å². The van der Waals surface area contributed by atoms with Crippen molar-refractivity contribution in [2.75, 3.05) is 25.9 Å². The van der Waals surface area contributed by atoms with Gasteiger partial charge in [-0.15, -0.1) is 0 Å². The molecule has 1 heterocycles. The molecule has 1 aromatic carbocycles. The second kappa shape index (κ2) is 6.58. The van der Waals surface area contributed by atoms with Gasteiger partial charge in [0.05, 0.1) is 12.8 Å². The summed E-state index contributed by atoms with van der Waals surface area (Å²) in [6.45, 7) is 3.58. The van der Waals surface area contributed by atoms with Crippen molar-refractivity contribution in [3.05, 3.63) is 35.4 Å². The average Bonchev–Trinajstić information content (AvgIpc) is 2.93. The van der Waals surface area contributed by atoms with Crippen LogP contribution in [0.4, 0.5) is 0 Å². The quantitative estimate of drug-likeness (QED) is 0.825. The second-order valence-electron chi connectivity index (χ2n) is 5.55. The number of aryl methyl sites for hydroxylation is 1. The van der Waals surface area contributed by atoms with Crippen LogP contribution in [-0.2, 0) is 21.4 Å². The number of carbonyl (C=O) groups excluding carboxylic acids is 1. The maximum Gasteiger partial charge on any atom is 0.237 e. The van der Waals surface area contributed by atoms with Gasteiger partial charge in [-0.3, -0.25) is 4.79 Å². The molecule has 1 saturated heterocycles. The Morgan fingerprint density at radius 1 is 1.24 bits per heavy atom. The van der Waals surface area contributed by atoms with E-state index in [9.17, 15) is 13.2 Å². The topological polar surface area (TPSA) is 57.7 Å². The summed E-state index contributed by atoms with van der Waals surface area (Å²) in [6, 6.07) is 7.63. The van der Waals surface area contributed by atoms with E-state index in [4.69, 9.17) is 0 Å². The van der Waals surface area contributed by atoms with Gasteiger partial charge in [0.2, 0.25) is 15.9 Å². The SMILES string of the molecule is Cc1ccccc1CN(CC(=O)N1CCCC1)S(C)(=O)=O. The first-order chi connectivity index (χ1) is 9.88. The van der Waals surface area contributed by atoms with Crippen LogP contribution in [0.25, 0.3) is 0 Å². The summed E-state index contributed by atoms with van der Waals surface area (Å²) in [5.41, 5.74) is 1.96. The van der Waals surface area contributed by atoms with Gasteiger partial charge in [-0.25, -0.2) is 8.42 Å². The van der Waals surface area contributed by atoms with Crippen LogP contribution in [0.15, 0.2) is 24.3 Å². The van der Waals surface area contributed by atoms with Crippen LogP contribution in [0, 0.1) is 6.92 Å². The van der Waals surface area contributed by atoms with Gasteiger partial charge in [-0.1, -0.05) is 24.3 Å². The third-order valence-corrected chi connectivity index (χ3v) is 5.04. The van der Waals surface area contributed by atoms with Gasteiger partial charge in [-0.2, -0.15) is 4.31 Å². The summed E-state index contributed by atoms with van der Waals surface area (Å²) in [5.74, 6) is -0.105. The zero-order chi connectivity index (χ0) is 15.5. The zero-order valence-electron chi connectivity index (χ0n) is 12.6. The van der Waals surface area contributed by atoms with Gasteiger partial charge in [0.25, 0.3) is 0 Å². The normalized spacial score (nSPS) is 15.7. The summed E-state index contributed by atoms with van der Waals surface area (Å²) in [6.07, 6.45) is 3.16. The molecule has 1 amide bonds. The van der Waals surface area contributed by atoms with E-state index in [2.05, 4.69) is 0 Å². The summed E-state index contributed by atoms with van der Waals surface area (Å²) in [4.78, 5) is 13.9. The molecule has 0 radical (unpaired) electrons. The van der Waals surface area contributed by atoms with E-state index in [1.807, 2.05) is 31.2 Å². The first-order valence-electron chi connectivity index (χ1n) is 7.15. The minimum Gasteiger partial charge on any atom is -0.342 e. The van der Waals surface area contributed by atoms with Crippen LogP contribution in [0.2, 0.25) is 0 Å². The second-order valence-corrected chi connectivity index (χ2v) is 7.53. The molecule has 6 heteroatoms. The van der Waals surface area contributed by atoms with Crippen molar-refractivity contribution in [1.29, 1.82) is 0 Å². The van der Waals surface area contributed by atoms with Gasteiger partial charge in [-0.05, 0) is 30.9 Å². The molecular weight excluding hydrogens is 288 g/mol. The van der Waals surface area contributed by atoms with E-state index in [0.717, 1.165) is 43.3 Å². The number of likely N-dealkylation sites (tertiary alicyclic amines) is 1. The number of benzene rings is 1. The molecule has 0 aromatic heterocycles. The van der Waals surface area contributed by atoms with Gasteiger partial charge in [0.1, 0.15) is 0 Å². The lowest BCUT2D eigenvalue weighted by Gasteiger charge is -2.23. The van der Waals surface area contributed by atoms with Crippen LogP contribution in [0.3, 0.4) is 0 Å². The van der Waals surface area contributed by atoms with Gasteiger partial charge >= 0.3 is 0 Å². The molecule has 0 saturated carbocycles. The molecule has 1 aliphatic rings. The maximum absolute atomic E-state index is 12.2. The minimum atomic E-state index is -3.42. The van der Waals surface area contributed by atoms with E-state index < -0.39 is 10.0 Å². The van der Waals surface area contributed by atoms with Crippen molar-refractivity contribution >= 4 is 15.9 Å². The van der Waals surface area contributed by atoms with Crippen LogP contribution >= 0.6 is 0 Å². The number of amides is 1. The highest BCUT2D eigenvalue weighted by atomic mass is 32.2. The lowest BCUT2D eigenvalue weighted by atomic mass is 10.1. The summed E-state index contributed by atoms with van der Waals surface area (Å²) in [7, 11) is -3.42. The third-order valence-electron chi connectivity index (χ3n) is 3.85. The Morgan fingerprint density at radius 3 is 2.43 bits per heavy atom. The molecule has 1 fully saturated rings. The smallest absolute Gasteiger partial charge is 0.237 e. The number of hydrogen-bond acceptors (Lipinski definition) is 3. The molecule has 0 atom stereocenters. The highest BCUT2D eigenvalue weighted by Crippen LogP contribution is 2.14. The van der Waals surface area contributed by atoms with Crippen molar-refractivity contribution < 1.29 is 13.2 Å². The monoisotopic (exact) mass is 310 g/mol. The van der Waals surface area contributed by atoms with Crippen LogP contribution in [-0.4, -0.2) is 49.4 Å². The summed E-state index contributed by atoms with van der Waals surface area (Å²) >= 11 is 0. The van der Waals surface area contributed by atoms with Crippen molar-refractivity contribution in [2.45, 2.75) is 26.3 Å². The maximum atomic E-state index is 12.2. The molecule has 0 aliphatic carbocycles. The lowest BCUT2D eigenvalue weighted by molar-refractivity contribution is -0.130. The fourth-order valence-corrected chi connectivity index (χ4v) is 3.20. The predicted octanol–water partition coefficient (Wildman–Crippen LogP) is 1.38. The molecule has 1 aliphatic heterocycles. The van der Waals surface area contributed by atoms with E-state index in [1.165, 1.54) is 4.31 Å². The fraction of sp³-hybridized carbons (Fsp3) is 0.533. The molecule has 2 rings (SSSR count). The standard InChI is InChI=1S/C15H22N2O3S/c1-13-7-3-4-8-14(13)11-17(21(2,19)20)12-15(18)16-9-5-6-10-16/h3-4,7-8H,5-6,9-12H2,1-2H3. The van der Waals surface area contributed by atoms with E-state index >= 15 is 0 Å². The highest BCUT2D eigenvalue weighted by Gasteiger charge is 2.25. The predicted molar refractivity (Wildman–Crippen MR) is 82.2 cm³/mol. The third kappa shape index (κ3) is 4.28. The lowest BCUT2D eigenvalue weighted by Crippen LogP contribution is -2.41. The highest BCUT2D eigenvalue weighted by molar-refractivity contribution is 7.88. The molecule has 1 aromatic rings. The number of sulfonamides is 1. The molecule has 5 nitrogen and oxygen atoms in total. The van der Waals surface area contributed by atoms with Crippen LogP contribution in [0.5, 0.6) is 0 Å². The largest absolute Gasteiger partial charge is 0.342 e. The van der Waals surface area contributed by atoms with Crippen molar-refractivity contribution in [3.8, 4) is 0 Å². The molecule has 0 spiro atoms. The van der Waals surface area contributed by atoms with Crippen molar-refractivity contribution in [2.24, 2.45) is 0 Å². The molecule has 21 heavy (non-hydrogen) atoms. The number of rotatable bonds is 5. The fourth-order valence-electron chi connectivity index (χ4n) is 2.49. The van der Waals surface area contributed by atoms with Gasteiger partial charge in [0, 0.05) is 19.6 Å². The first kappa shape index (κ1) is 16.0. The minimum absolute atomic E-state index is 0.0762. The Bertz CT molecular complexity index is 607. The molecular formula is C15H22N2O3S. The van der Waals surface area contributed by atoms with Crippen molar-refractivity contribution in [1.82, 2.24) is 9.21 Å². The van der Waals surface area contributed by atoms with E-state index in [1.54, 1.807) is 4.90 Å². The van der Waals surface area contributed by atoms with Crippen LogP contribution < -0.4 is 0 Å². The average molecular weight is 310 g/mol. The Morgan fingerprint density at radius 2 is 1.86 bits per heavy atom. The Hall–Kier alpha value is -1.40. The zero-order valence-corrected chi connectivity index (χ0v) is 13.4. The molecule has 116 valence electrons. The number of carbonyl (C=O) groups is 1. The van der Waals surface area contributed by atoms with Crippen molar-refractivity contribution in [3.63, 3.8) is 0 Å². The molecule has 0 bridgehead atoms. The summed E-state index contributed by atoms with van der Waals surface area (Å²) in [5, 5.41) is 0. The Labute approximate surface area is 126 Å². The Balaban J connectivity index is 2.12. The molecule has 0 unspecified atom stereocenters. The Kier molecular flexibility index (Phi) is 5.00. The summed E-state index contributed by atoms with van der Waals surface area (Å²) < 4.78 is 25.2. The van der Waals surface area contributed by atoms with Gasteiger partial charge < -0.3 is 4.90 Å². The van der Waals surface area contributed by atoms with E-state index in [-0.39, 0.29) is 19.0 Å². The van der Waals surface area contributed by atoms with Crippen LogP contribution in [0.1, 0.15) is 24.0 Å². The number of hydrogen-bond donors (Lipinski definition) is 0.